The summed E-state index contributed by atoms with van der Waals surface area (Å²) in [6, 6.07) is 0. The van der Waals surface area contributed by atoms with E-state index in [0.29, 0.717) is 0 Å². The van der Waals surface area contributed by atoms with E-state index < -0.39 is 0 Å². The van der Waals surface area contributed by atoms with E-state index in [9.17, 15) is 0 Å². The van der Waals surface area contributed by atoms with Crippen LogP contribution in [0.3, 0.4) is 0 Å². The highest BCUT2D eigenvalue weighted by atomic mass is 14.9. The van der Waals surface area contributed by atoms with Crippen molar-refractivity contribution in [1.29, 1.82) is 0 Å². The Morgan fingerprint density at radius 1 is 1.50 bits per heavy atom. The minimum absolute atomic E-state index is 0.758. The molecule has 1 aliphatic rings. The maximum absolute atomic E-state index is 4.23. The zero-order valence-corrected chi connectivity index (χ0v) is 11.6. The highest BCUT2D eigenvalue weighted by Crippen LogP contribution is 2.27. The lowest BCUT2D eigenvalue weighted by Crippen LogP contribution is -2.27. The summed E-state index contributed by atoms with van der Waals surface area (Å²) in [6.45, 7) is 6.84. The SMILES string of the molecule is CC1=CC(C)CC(CNCCCc2ncc[nH]2)C1. The van der Waals surface area contributed by atoms with Crippen molar-refractivity contribution >= 4 is 0 Å². The molecule has 2 unspecified atom stereocenters. The Bertz CT molecular complexity index is 367. The molecule has 3 nitrogen and oxygen atoms in total. The average molecular weight is 247 g/mol. The van der Waals surface area contributed by atoms with Crippen LogP contribution in [-0.4, -0.2) is 23.1 Å². The molecule has 1 aromatic heterocycles. The minimum atomic E-state index is 0.758. The Kier molecular flexibility index (Phi) is 5.00. The normalized spacial score (nSPS) is 24.0. The van der Waals surface area contributed by atoms with E-state index in [-0.39, 0.29) is 0 Å². The molecule has 0 spiro atoms. The van der Waals surface area contributed by atoms with Gasteiger partial charge in [-0.15, -0.1) is 0 Å². The molecule has 0 saturated heterocycles. The molecule has 100 valence electrons. The van der Waals surface area contributed by atoms with E-state index in [1.165, 1.54) is 12.8 Å². The number of hydrogen-bond donors (Lipinski definition) is 2. The maximum Gasteiger partial charge on any atom is 0.106 e. The number of H-pyrrole nitrogens is 1. The molecule has 18 heavy (non-hydrogen) atoms. The molecular formula is C15H25N3. The molecule has 2 atom stereocenters. The van der Waals surface area contributed by atoms with Crippen molar-refractivity contribution in [3.8, 4) is 0 Å². The van der Waals surface area contributed by atoms with Gasteiger partial charge in [-0.2, -0.15) is 0 Å². The molecule has 0 radical (unpaired) electrons. The molecule has 0 saturated carbocycles. The second kappa shape index (κ2) is 6.74. The number of allylic oxidation sites excluding steroid dienone is 2. The van der Waals surface area contributed by atoms with Crippen molar-refractivity contribution in [2.45, 2.75) is 39.5 Å². The summed E-state index contributed by atoms with van der Waals surface area (Å²) < 4.78 is 0. The third-order valence-electron chi connectivity index (χ3n) is 3.64. The van der Waals surface area contributed by atoms with Crippen LogP contribution >= 0.6 is 0 Å². The van der Waals surface area contributed by atoms with Gasteiger partial charge in [-0.1, -0.05) is 18.6 Å². The largest absolute Gasteiger partial charge is 0.349 e. The van der Waals surface area contributed by atoms with E-state index in [4.69, 9.17) is 0 Å². The zero-order valence-electron chi connectivity index (χ0n) is 11.6. The standard InChI is InChI=1S/C15H25N3/c1-12-8-13(2)10-14(9-12)11-16-5-3-4-15-17-6-7-18-15/h6-8,12,14,16H,3-5,9-11H2,1-2H3,(H,17,18). The predicted octanol–water partition coefficient (Wildman–Crippen LogP) is 2.92. The van der Waals surface area contributed by atoms with Gasteiger partial charge in [-0.05, 0) is 51.1 Å². The number of aromatic nitrogens is 2. The fraction of sp³-hybridized carbons (Fsp3) is 0.667. The summed E-state index contributed by atoms with van der Waals surface area (Å²) in [6.07, 6.45) is 10.9. The van der Waals surface area contributed by atoms with Crippen molar-refractivity contribution in [3.05, 3.63) is 29.9 Å². The quantitative estimate of drug-likeness (QED) is 0.599. The van der Waals surface area contributed by atoms with Crippen LogP contribution in [0.15, 0.2) is 24.0 Å². The Hall–Kier alpha value is -1.09. The highest BCUT2D eigenvalue weighted by Gasteiger charge is 2.17. The first-order chi connectivity index (χ1) is 8.74. The summed E-state index contributed by atoms with van der Waals surface area (Å²) in [4.78, 5) is 7.38. The van der Waals surface area contributed by atoms with Crippen LogP contribution in [-0.2, 0) is 6.42 Å². The minimum Gasteiger partial charge on any atom is -0.349 e. The number of imidazole rings is 1. The van der Waals surface area contributed by atoms with E-state index in [2.05, 4.69) is 35.2 Å². The first kappa shape index (κ1) is 13.3. The first-order valence-corrected chi connectivity index (χ1v) is 7.10. The molecule has 1 aromatic rings. The second-order valence-corrected chi connectivity index (χ2v) is 5.64. The third kappa shape index (κ3) is 4.30. The summed E-state index contributed by atoms with van der Waals surface area (Å²) in [5.41, 5.74) is 1.57. The molecule has 0 amide bonds. The Labute approximate surface area is 110 Å². The maximum atomic E-state index is 4.23. The van der Waals surface area contributed by atoms with Crippen LogP contribution in [0.5, 0.6) is 0 Å². The third-order valence-corrected chi connectivity index (χ3v) is 3.64. The van der Waals surface area contributed by atoms with Gasteiger partial charge in [-0.25, -0.2) is 4.98 Å². The molecule has 3 heteroatoms. The summed E-state index contributed by atoms with van der Waals surface area (Å²) in [7, 11) is 0. The molecule has 2 rings (SSSR count). The van der Waals surface area contributed by atoms with Gasteiger partial charge in [0.05, 0.1) is 0 Å². The van der Waals surface area contributed by atoms with E-state index in [1.807, 2.05) is 12.4 Å². The topological polar surface area (TPSA) is 40.7 Å². The molecule has 0 bridgehead atoms. The van der Waals surface area contributed by atoms with Gasteiger partial charge in [0, 0.05) is 18.8 Å². The highest BCUT2D eigenvalue weighted by molar-refractivity contribution is 5.06. The number of nitrogens with one attached hydrogen (secondary N) is 2. The lowest BCUT2D eigenvalue weighted by atomic mass is 9.84. The van der Waals surface area contributed by atoms with Crippen LogP contribution in [0.1, 0.15) is 38.9 Å². The van der Waals surface area contributed by atoms with Crippen LogP contribution in [0.2, 0.25) is 0 Å². The zero-order chi connectivity index (χ0) is 12.8. The van der Waals surface area contributed by atoms with Crippen LogP contribution < -0.4 is 5.32 Å². The van der Waals surface area contributed by atoms with Crippen molar-refractivity contribution in [2.75, 3.05) is 13.1 Å². The molecule has 1 heterocycles. The van der Waals surface area contributed by atoms with E-state index in [1.54, 1.807) is 5.57 Å². The lowest BCUT2D eigenvalue weighted by Gasteiger charge is -2.25. The molecule has 0 aliphatic heterocycles. The van der Waals surface area contributed by atoms with Gasteiger partial charge in [0.15, 0.2) is 0 Å². The van der Waals surface area contributed by atoms with Gasteiger partial charge in [0.1, 0.15) is 5.82 Å². The number of aryl methyl sites for hydroxylation is 1. The van der Waals surface area contributed by atoms with E-state index in [0.717, 1.165) is 43.6 Å². The van der Waals surface area contributed by atoms with Crippen molar-refractivity contribution in [3.63, 3.8) is 0 Å². The fourth-order valence-corrected chi connectivity index (χ4v) is 2.96. The molecular weight excluding hydrogens is 222 g/mol. The number of hydrogen-bond acceptors (Lipinski definition) is 2. The summed E-state index contributed by atoms with van der Waals surface area (Å²) in [5.74, 6) is 2.68. The van der Waals surface area contributed by atoms with Gasteiger partial charge in [-0.3, -0.25) is 0 Å². The fourth-order valence-electron chi connectivity index (χ4n) is 2.96. The molecule has 0 aromatic carbocycles. The smallest absolute Gasteiger partial charge is 0.106 e. The van der Waals surface area contributed by atoms with Crippen LogP contribution in [0.4, 0.5) is 0 Å². The number of nitrogens with zero attached hydrogens (tertiary/aromatic N) is 1. The van der Waals surface area contributed by atoms with Gasteiger partial charge in [0.2, 0.25) is 0 Å². The van der Waals surface area contributed by atoms with Crippen LogP contribution in [0.25, 0.3) is 0 Å². The number of aromatic amines is 1. The monoisotopic (exact) mass is 247 g/mol. The Morgan fingerprint density at radius 3 is 3.11 bits per heavy atom. The van der Waals surface area contributed by atoms with Gasteiger partial charge >= 0.3 is 0 Å². The van der Waals surface area contributed by atoms with Crippen molar-refractivity contribution < 1.29 is 0 Å². The predicted molar refractivity (Wildman–Crippen MR) is 75.4 cm³/mol. The summed E-state index contributed by atoms with van der Waals surface area (Å²) in [5, 5.41) is 3.59. The molecule has 2 N–H and O–H groups in total. The first-order valence-electron chi connectivity index (χ1n) is 7.10. The van der Waals surface area contributed by atoms with Gasteiger partial charge < -0.3 is 10.3 Å². The Balaban J connectivity index is 1.57. The summed E-state index contributed by atoms with van der Waals surface area (Å²) >= 11 is 0. The van der Waals surface area contributed by atoms with Crippen molar-refractivity contribution in [2.24, 2.45) is 11.8 Å². The van der Waals surface area contributed by atoms with Crippen molar-refractivity contribution in [1.82, 2.24) is 15.3 Å². The molecule has 0 fully saturated rings. The average Bonchev–Trinajstić information content (AvgIpc) is 2.80. The van der Waals surface area contributed by atoms with Gasteiger partial charge in [0.25, 0.3) is 0 Å². The van der Waals surface area contributed by atoms with Crippen LogP contribution in [0, 0.1) is 11.8 Å². The lowest BCUT2D eigenvalue weighted by molar-refractivity contribution is 0.381. The second-order valence-electron chi connectivity index (χ2n) is 5.64. The number of rotatable bonds is 6. The molecule has 1 aliphatic carbocycles. The Morgan fingerprint density at radius 2 is 2.39 bits per heavy atom. The van der Waals surface area contributed by atoms with E-state index >= 15 is 0 Å².